The van der Waals surface area contributed by atoms with Gasteiger partial charge < -0.3 is 15.0 Å². The molecule has 0 fully saturated rings. The Kier molecular flexibility index (Phi) is 5.82. The number of amides is 2. The molecule has 9 heteroatoms. The van der Waals surface area contributed by atoms with E-state index < -0.39 is 23.6 Å². The summed E-state index contributed by atoms with van der Waals surface area (Å²) in [4.78, 5) is 35.7. The molecule has 1 aromatic heterocycles. The van der Waals surface area contributed by atoms with Gasteiger partial charge in [-0.15, -0.1) is 0 Å². The molecule has 2 amide bonds. The monoisotopic (exact) mass is 474 g/mol. The van der Waals surface area contributed by atoms with E-state index in [0.717, 1.165) is 6.07 Å². The summed E-state index contributed by atoms with van der Waals surface area (Å²) in [6.07, 6.45) is 0.618. The van der Waals surface area contributed by atoms with Crippen LogP contribution in [-0.4, -0.2) is 32.8 Å². The molecule has 1 atom stereocenters. The van der Waals surface area contributed by atoms with E-state index in [1.165, 1.54) is 23.2 Å². The fourth-order valence-electron chi connectivity index (χ4n) is 4.00. The summed E-state index contributed by atoms with van der Waals surface area (Å²) < 4.78 is 33.1. The quantitative estimate of drug-likeness (QED) is 0.472. The number of aromatic nitrogens is 2. The third-order valence-electron chi connectivity index (χ3n) is 5.62. The molecule has 1 N–H and O–H groups in total. The van der Waals surface area contributed by atoms with Crippen molar-refractivity contribution >= 4 is 28.5 Å². The van der Waals surface area contributed by atoms with Gasteiger partial charge >= 0.3 is 0 Å². The second kappa shape index (κ2) is 9.09. The highest BCUT2D eigenvalue weighted by atomic mass is 19.1. The predicted molar refractivity (Wildman–Crippen MR) is 125 cm³/mol. The predicted octanol–water partition coefficient (Wildman–Crippen LogP) is 4.47. The normalized spacial score (nSPS) is 15.3. The molecule has 1 aliphatic heterocycles. The number of carbonyl (C=O) groups excluding carboxylic acids is 2. The number of para-hydroxylation sites is 2. The molecule has 0 aliphatic carbocycles. The van der Waals surface area contributed by atoms with Crippen molar-refractivity contribution in [2.45, 2.75) is 26.1 Å². The number of halogens is 2. The zero-order chi connectivity index (χ0) is 24.5. The Labute approximate surface area is 199 Å². The molecule has 0 radical (unpaired) electrons. The second-order valence-corrected chi connectivity index (χ2v) is 8.25. The summed E-state index contributed by atoms with van der Waals surface area (Å²) in [5.74, 6) is -1.69. The molecule has 2 heterocycles. The third kappa shape index (κ3) is 4.79. The Morgan fingerprint density at radius 3 is 2.60 bits per heavy atom. The van der Waals surface area contributed by atoms with Crippen LogP contribution < -0.4 is 10.1 Å². The standard InChI is InChI=1S/C26H20F2N4O3/c1-15-26(34)32(13-16-8-18(27)11-19(28)9-16)14-17-10-20(6-7-24(17)35-15)30-25(33)23-12-29-21-4-2-3-5-22(21)31-23/h2-12,15H,13-14H2,1H3,(H,30,33). The van der Waals surface area contributed by atoms with Gasteiger partial charge in [0.05, 0.1) is 17.2 Å². The first-order chi connectivity index (χ1) is 16.9. The van der Waals surface area contributed by atoms with E-state index in [1.54, 1.807) is 31.2 Å². The molecule has 7 nitrogen and oxygen atoms in total. The summed E-state index contributed by atoms with van der Waals surface area (Å²) in [6.45, 7) is 1.75. The summed E-state index contributed by atoms with van der Waals surface area (Å²) >= 11 is 0. The van der Waals surface area contributed by atoms with Crippen LogP contribution in [-0.2, 0) is 17.9 Å². The number of nitrogens with zero attached hydrogens (tertiary/aromatic N) is 3. The van der Waals surface area contributed by atoms with Gasteiger partial charge in [0.2, 0.25) is 0 Å². The minimum absolute atomic E-state index is 0.00389. The minimum atomic E-state index is -0.789. The molecule has 0 saturated heterocycles. The maximum absolute atomic E-state index is 13.7. The number of hydrogen-bond acceptors (Lipinski definition) is 5. The van der Waals surface area contributed by atoms with Crippen LogP contribution in [0.4, 0.5) is 14.5 Å². The van der Waals surface area contributed by atoms with Crippen molar-refractivity contribution in [3.8, 4) is 5.75 Å². The van der Waals surface area contributed by atoms with E-state index in [1.807, 2.05) is 18.2 Å². The highest BCUT2D eigenvalue weighted by Gasteiger charge is 2.28. The first-order valence-corrected chi connectivity index (χ1v) is 10.9. The zero-order valence-corrected chi connectivity index (χ0v) is 18.7. The largest absolute Gasteiger partial charge is 0.481 e. The van der Waals surface area contributed by atoms with Crippen molar-refractivity contribution in [1.82, 2.24) is 14.9 Å². The van der Waals surface area contributed by atoms with Crippen molar-refractivity contribution in [2.24, 2.45) is 0 Å². The fraction of sp³-hybridized carbons (Fsp3) is 0.154. The van der Waals surface area contributed by atoms with E-state index in [4.69, 9.17) is 4.74 Å². The lowest BCUT2D eigenvalue weighted by Crippen LogP contribution is -2.37. The lowest BCUT2D eigenvalue weighted by atomic mass is 10.1. The number of anilines is 1. The smallest absolute Gasteiger partial charge is 0.275 e. The molecule has 0 spiro atoms. The number of hydrogen-bond donors (Lipinski definition) is 1. The Bertz CT molecular complexity index is 1440. The molecule has 1 unspecified atom stereocenters. The van der Waals surface area contributed by atoms with Crippen LogP contribution in [0, 0.1) is 11.6 Å². The molecule has 35 heavy (non-hydrogen) atoms. The maximum Gasteiger partial charge on any atom is 0.275 e. The van der Waals surface area contributed by atoms with Gasteiger partial charge in [0.25, 0.3) is 11.8 Å². The Hall–Kier alpha value is -4.40. The molecular weight excluding hydrogens is 454 g/mol. The van der Waals surface area contributed by atoms with E-state index in [2.05, 4.69) is 15.3 Å². The molecule has 5 rings (SSSR count). The number of nitrogens with one attached hydrogen (secondary N) is 1. The average molecular weight is 474 g/mol. The van der Waals surface area contributed by atoms with Crippen molar-refractivity contribution in [3.05, 3.63) is 95.3 Å². The molecule has 1 aliphatic rings. The molecule has 176 valence electrons. The van der Waals surface area contributed by atoms with Crippen molar-refractivity contribution < 1.29 is 23.1 Å². The topological polar surface area (TPSA) is 84.4 Å². The second-order valence-electron chi connectivity index (χ2n) is 8.25. The van der Waals surface area contributed by atoms with E-state index in [-0.39, 0.29) is 24.7 Å². The number of carbonyl (C=O) groups is 2. The maximum atomic E-state index is 13.7. The van der Waals surface area contributed by atoms with Crippen molar-refractivity contribution in [3.63, 3.8) is 0 Å². The van der Waals surface area contributed by atoms with Crippen LogP contribution in [0.15, 0.2) is 66.9 Å². The van der Waals surface area contributed by atoms with E-state index in [9.17, 15) is 18.4 Å². The summed E-state index contributed by atoms with van der Waals surface area (Å²) in [7, 11) is 0. The lowest BCUT2D eigenvalue weighted by molar-refractivity contribution is -0.138. The number of rotatable bonds is 4. The minimum Gasteiger partial charge on any atom is -0.481 e. The Balaban J connectivity index is 1.39. The van der Waals surface area contributed by atoms with Gasteiger partial charge in [-0.1, -0.05) is 12.1 Å². The van der Waals surface area contributed by atoms with Crippen LogP contribution >= 0.6 is 0 Å². The van der Waals surface area contributed by atoms with Crippen LogP contribution in [0.3, 0.4) is 0 Å². The highest BCUT2D eigenvalue weighted by Crippen LogP contribution is 2.30. The molecule has 3 aromatic carbocycles. The van der Waals surface area contributed by atoms with Gasteiger partial charge in [-0.05, 0) is 55.0 Å². The van der Waals surface area contributed by atoms with Crippen LogP contribution in [0.25, 0.3) is 11.0 Å². The highest BCUT2D eigenvalue weighted by molar-refractivity contribution is 6.03. The van der Waals surface area contributed by atoms with Gasteiger partial charge in [0.15, 0.2) is 6.10 Å². The molecular formula is C26H20F2N4O3. The Morgan fingerprint density at radius 2 is 1.83 bits per heavy atom. The van der Waals surface area contributed by atoms with E-state index in [0.29, 0.717) is 33.6 Å². The third-order valence-corrected chi connectivity index (χ3v) is 5.62. The average Bonchev–Trinajstić information content (AvgIpc) is 2.94. The van der Waals surface area contributed by atoms with Gasteiger partial charge in [-0.2, -0.15) is 0 Å². The van der Waals surface area contributed by atoms with Crippen LogP contribution in [0.5, 0.6) is 5.75 Å². The van der Waals surface area contributed by atoms with Crippen molar-refractivity contribution in [2.75, 3.05) is 5.32 Å². The first-order valence-electron chi connectivity index (χ1n) is 10.9. The summed E-state index contributed by atoms with van der Waals surface area (Å²) in [6, 6.07) is 15.4. The number of ether oxygens (including phenoxy) is 1. The summed E-state index contributed by atoms with van der Waals surface area (Å²) in [5, 5.41) is 2.80. The molecule has 4 aromatic rings. The van der Waals surface area contributed by atoms with Crippen LogP contribution in [0.1, 0.15) is 28.5 Å². The number of benzene rings is 3. The SMILES string of the molecule is CC1Oc2ccc(NC(=O)c3cnc4ccccc4n3)cc2CN(Cc2cc(F)cc(F)c2)C1=O. The zero-order valence-electron chi connectivity index (χ0n) is 18.7. The lowest BCUT2D eigenvalue weighted by Gasteiger charge is -2.22. The summed E-state index contributed by atoms with van der Waals surface area (Å²) in [5.41, 5.74) is 2.89. The van der Waals surface area contributed by atoms with Gasteiger partial charge in [0.1, 0.15) is 23.1 Å². The van der Waals surface area contributed by atoms with E-state index >= 15 is 0 Å². The van der Waals surface area contributed by atoms with Gasteiger partial charge in [-0.3, -0.25) is 14.6 Å². The first kappa shape index (κ1) is 22.4. The fourth-order valence-corrected chi connectivity index (χ4v) is 4.00. The van der Waals surface area contributed by atoms with Crippen LogP contribution in [0.2, 0.25) is 0 Å². The van der Waals surface area contributed by atoms with Gasteiger partial charge in [-0.25, -0.2) is 13.8 Å². The molecule has 0 saturated carbocycles. The van der Waals surface area contributed by atoms with Gasteiger partial charge in [0, 0.05) is 30.4 Å². The number of fused-ring (bicyclic) bond motifs is 2. The van der Waals surface area contributed by atoms with Crippen molar-refractivity contribution in [1.29, 1.82) is 0 Å². The molecule has 0 bridgehead atoms. The Morgan fingerprint density at radius 1 is 1.09 bits per heavy atom.